The van der Waals surface area contributed by atoms with E-state index in [4.69, 9.17) is 11.6 Å². The molecule has 0 aliphatic heterocycles. The average Bonchev–Trinajstić information content (AvgIpc) is 3.18. The average molecular weight is 398 g/mol. The maximum absolute atomic E-state index is 12.6. The number of rotatable bonds is 6. The van der Waals surface area contributed by atoms with Crippen LogP contribution in [0, 0.1) is 0 Å². The molecule has 1 radical (unpaired) electrons. The molecule has 1 amide bonds. The number of carbonyl (C=O) groups is 2. The molecule has 3 rings (SSSR count). The first-order valence-electron chi connectivity index (χ1n) is 8.56. The van der Waals surface area contributed by atoms with Gasteiger partial charge in [-0.15, -0.1) is 0 Å². The molecule has 3 aromatic rings. The molecule has 1 aromatic heterocycles. The number of halogens is 1. The monoisotopic (exact) mass is 397 g/mol. The molecule has 1 heterocycles. The zero-order valence-corrected chi connectivity index (χ0v) is 16.0. The van der Waals surface area contributed by atoms with Crippen molar-refractivity contribution in [3.05, 3.63) is 82.9 Å². The van der Waals surface area contributed by atoms with Crippen LogP contribution in [0.1, 0.15) is 35.3 Å². The molecule has 2 aromatic carbocycles. The predicted octanol–water partition coefficient (Wildman–Crippen LogP) is 2.96. The number of aliphatic carboxylic acids is 1. The van der Waals surface area contributed by atoms with Crippen molar-refractivity contribution in [1.29, 1.82) is 0 Å². The molecule has 1 N–H and O–H groups in total. The van der Waals surface area contributed by atoms with E-state index >= 15 is 0 Å². The summed E-state index contributed by atoms with van der Waals surface area (Å²) in [4.78, 5) is 28.7. The van der Waals surface area contributed by atoms with Gasteiger partial charge in [-0.05, 0) is 37.6 Å². The molecule has 0 saturated heterocycles. The van der Waals surface area contributed by atoms with Gasteiger partial charge in [-0.2, -0.15) is 5.10 Å². The second-order valence-electron chi connectivity index (χ2n) is 6.44. The van der Waals surface area contributed by atoms with E-state index in [9.17, 15) is 14.7 Å². The van der Waals surface area contributed by atoms with Crippen LogP contribution in [0.2, 0.25) is 5.02 Å². The molecule has 1 unspecified atom stereocenters. The van der Waals surface area contributed by atoms with Crippen LogP contribution < -0.4 is 5.32 Å². The Morgan fingerprint density at radius 3 is 2.36 bits per heavy atom. The Morgan fingerprint density at radius 1 is 1.14 bits per heavy atom. The summed E-state index contributed by atoms with van der Waals surface area (Å²) < 4.78 is 1.24. The third-order valence-electron chi connectivity index (χ3n) is 4.26. The molecule has 143 valence electrons. The largest absolute Gasteiger partial charge is 0.479 e. The van der Waals surface area contributed by atoms with Gasteiger partial charge in [-0.3, -0.25) is 4.79 Å². The third kappa shape index (κ3) is 3.36. The molecule has 0 spiro atoms. The quantitative estimate of drug-likeness (QED) is 0.689. The van der Waals surface area contributed by atoms with Crippen LogP contribution in [0.25, 0.3) is 0 Å². The molecule has 8 heteroatoms. The van der Waals surface area contributed by atoms with Gasteiger partial charge < -0.3 is 5.11 Å². The van der Waals surface area contributed by atoms with E-state index in [1.54, 1.807) is 48.5 Å². The summed E-state index contributed by atoms with van der Waals surface area (Å²) >= 11 is 6.36. The number of amides is 1. The van der Waals surface area contributed by atoms with Crippen LogP contribution >= 0.6 is 11.6 Å². The Balaban J connectivity index is 2.20. The lowest BCUT2D eigenvalue weighted by molar-refractivity contribution is -0.143. The van der Waals surface area contributed by atoms with E-state index < -0.39 is 11.5 Å². The van der Waals surface area contributed by atoms with Crippen molar-refractivity contribution >= 4 is 23.5 Å². The molecule has 0 fully saturated rings. The lowest BCUT2D eigenvalue weighted by Crippen LogP contribution is -2.45. The van der Waals surface area contributed by atoms with E-state index in [0.29, 0.717) is 16.7 Å². The Morgan fingerprint density at radius 2 is 1.82 bits per heavy atom. The van der Waals surface area contributed by atoms with Gasteiger partial charge in [0.15, 0.2) is 0 Å². The summed E-state index contributed by atoms with van der Waals surface area (Å²) in [5.74, 6) is -1.54. The van der Waals surface area contributed by atoms with E-state index in [0.717, 1.165) is 0 Å². The highest BCUT2D eigenvalue weighted by Gasteiger charge is 2.46. The van der Waals surface area contributed by atoms with E-state index in [1.807, 2.05) is 13.8 Å². The maximum atomic E-state index is 12.6. The van der Waals surface area contributed by atoms with E-state index in [2.05, 4.69) is 15.4 Å². The Labute approximate surface area is 167 Å². The lowest BCUT2D eigenvalue weighted by atomic mass is 9.82. The summed E-state index contributed by atoms with van der Waals surface area (Å²) in [5.41, 5.74) is -0.666. The maximum Gasteiger partial charge on any atom is 0.341 e. The highest BCUT2D eigenvalue weighted by Crippen LogP contribution is 2.38. The number of hydrogen-bond acceptors (Lipinski definition) is 4. The molecular formula is C20H18ClN4O3. The number of nitrogens with zero attached hydrogens (tertiary/aromatic N) is 4. The van der Waals surface area contributed by atoms with Crippen molar-refractivity contribution in [1.82, 2.24) is 20.1 Å². The fourth-order valence-electron chi connectivity index (χ4n) is 3.05. The Hall–Kier alpha value is -3.19. The van der Waals surface area contributed by atoms with Crippen molar-refractivity contribution in [2.45, 2.75) is 25.4 Å². The number of aromatic nitrogens is 3. The van der Waals surface area contributed by atoms with Crippen molar-refractivity contribution in [2.75, 3.05) is 0 Å². The van der Waals surface area contributed by atoms with Gasteiger partial charge >= 0.3 is 5.97 Å². The molecular weight excluding hydrogens is 380 g/mol. The Kier molecular flexibility index (Phi) is 5.46. The smallest absolute Gasteiger partial charge is 0.341 e. The lowest BCUT2D eigenvalue weighted by Gasteiger charge is -2.31. The van der Waals surface area contributed by atoms with Crippen LogP contribution in [-0.4, -0.2) is 37.8 Å². The van der Waals surface area contributed by atoms with Crippen molar-refractivity contribution in [3.8, 4) is 0 Å². The molecule has 1 atom stereocenters. The van der Waals surface area contributed by atoms with Crippen molar-refractivity contribution in [2.24, 2.45) is 0 Å². The van der Waals surface area contributed by atoms with E-state index in [1.165, 1.54) is 17.3 Å². The minimum Gasteiger partial charge on any atom is -0.479 e. The van der Waals surface area contributed by atoms with Crippen molar-refractivity contribution < 1.29 is 14.7 Å². The van der Waals surface area contributed by atoms with Crippen LogP contribution in [-0.2, 0) is 10.3 Å². The SMILES string of the molecule is CC(C)[N]C(=O)c1ccc(C(C(=O)O)(c2ccccc2Cl)n2cncn2)cc1. The second-order valence-corrected chi connectivity index (χ2v) is 6.85. The number of carboxylic acids is 1. The van der Waals surface area contributed by atoms with Gasteiger partial charge in [0.2, 0.25) is 5.54 Å². The number of carboxylic acid groups (broad SMARTS) is 1. The number of benzene rings is 2. The first-order chi connectivity index (χ1) is 13.4. The molecule has 0 aliphatic rings. The summed E-state index contributed by atoms with van der Waals surface area (Å²) in [6, 6.07) is 12.8. The fraction of sp³-hybridized carbons (Fsp3) is 0.200. The topological polar surface area (TPSA) is 99.2 Å². The minimum atomic E-state index is -1.74. The van der Waals surface area contributed by atoms with Crippen LogP contribution in [0.4, 0.5) is 0 Å². The molecule has 0 aliphatic carbocycles. The van der Waals surface area contributed by atoms with Gasteiger partial charge in [0.05, 0.1) is 0 Å². The Bertz CT molecular complexity index is 987. The fourth-order valence-corrected chi connectivity index (χ4v) is 3.32. The first kappa shape index (κ1) is 19.6. The summed E-state index contributed by atoms with van der Waals surface area (Å²) in [7, 11) is 0. The van der Waals surface area contributed by atoms with Crippen molar-refractivity contribution in [3.63, 3.8) is 0 Å². The van der Waals surface area contributed by atoms with Gasteiger partial charge in [-0.1, -0.05) is 41.9 Å². The van der Waals surface area contributed by atoms with E-state index in [-0.39, 0.29) is 17.0 Å². The molecule has 28 heavy (non-hydrogen) atoms. The molecule has 0 saturated carbocycles. The normalized spacial score (nSPS) is 13.1. The summed E-state index contributed by atoms with van der Waals surface area (Å²) in [6.45, 7) is 3.62. The van der Waals surface area contributed by atoms with Crippen LogP contribution in [0.3, 0.4) is 0 Å². The third-order valence-corrected chi connectivity index (χ3v) is 4.59. The highest BCUT2D eigenvalue weighted by molar-refractivity contribution is 6.31. The highest BCUT2D eigenvalue weighted by atomic mass is 35.5. The number of carbonyl (C=O) groups excluding carboxylic acids is 1. The zero-order chi connectivity index (χ0) is 20.3. The van der Waals surface area contributed by atoms with Gasteiger partial charge in [0.25, 0.3) is 5.91 Å². The summed E-state index contributed by atoms with van der Waals surface area (Å²) in [6.07, 6.45) is 2.58. The van der Waals surface area contributed by atoms with Gasteiger partial charge in [-0.25, -0.2) is 19.8 Å². The number of hydrogen-bond donors (Lipinski definition) is 1. The zero-order valence-electron chi connectivity index (χ0n) is 15.3. The molecule has 7 nitrogen and oxygen atoms in total. The molecule has 0 bridgehead atoms. The van der Waals surface area contributed by atoms with Crippen LogP contribution in [0.5, 0.6) is 0 Å². The summed E-state index contributed by atoms with van der Waals surface area (Å²) in [5, 5.41) is 18.6. The van der Waals surface area contributed by atoms with Gasteiger partial charge in [0.1, 0.15) is 12.7 Å². The standard InChI is InChI=1S/C20H18ClN4O3/c1-13(2)24-18(26)14-7-9-15(10-8-14)20(19(27)28,25-12-22-11-23-25)16-5-3-4-6-17(16)21/h3-13H,1-2H3,(H,27,28). The minimum absolute atomic E-state index is 0.136. The van der Waals surface area contributed by atoms with Gasteiger partial charge in [0, 0.05) is 22.2 Å². The predicted molar refractivity (Wildman–Crippen MR) is 103 cm³/mol. The van der Waals surface area contributed by atoms with Crippen LogP contribution in [0.15, 0.2) is 61.2 Å². The second kappa shape index (κ2) is 7.82. The first-order valence-corrected chi connectivity index (χ1v) is 8.94.